The highest BCUT2D eigenvalue weighted by molar-refractivity contribution is 5.94. The van der Waals surface area contributed by atoms with Gasteiger partial charge in [-0.1, -0.05) is 0 Å². The number of pyridine rings is 1. The van der Waals surface area contributed by atoms with Crippen LogP contribution in [0.25, 0.3) is 0 Å². The van der Waals surface area contributed by atoms with Crippen molar-refractivity contribution in [3.63, 3.8) is 0 Å². The SMILES string of the molecule is CNC(=O)c1ccc(Oc2ccc([N+](=O)[O-])nc2)cc1. The number of nitro groups is 1. The number of carbonyl (C=O) groups is 1. The van der Waals surface area contributed by atoms with Crippen molar-refractivity contribution < 1.29 is 14.5 Å². The molecule has 0 aliphatic heterocycles. The van der Waals surface area contributed by atoms with Gasteiger partial charge >= 0.3 is 5.82 Å². The Bertz CT molecular complexity index is 623. The molecule has 7 heteroatoms. The van der Waals surface area contributed by atoms with Gasteiger partial charge in [-0.2, -0.15) is 0 Å². The van der Waals surface area contributed by atoms with Gasteiger partial charge in [-0.15, -0.1) is 0 Å². The van der Waals surface area contributed by atoms with Crippen LogP contribution in [0.15, 0.2) is 42.6 Å². The van der Waals surface area contributed by atoms with Crippen LogP contribution < -0.4 is 10.1 Å². The van der Waals surface area contributed by atoms with E-state index in [4.69, 9.17) is 4.74 Å². The number of carbonyl (C=O) groups excluding carboxylic acids is 1. The molecule has 0 unspecified atom stereocenters. The van der Waals surface area contributed by atoms with Gasteiger partial charge in [0, 0.05) is 18.7 Å². The number of benzene rings is 1. The number of aromatic nitrogens is 1. The number of hydrogen-bond donors (Lipinski definition) is 1. The zero-order chi connectivity index (χ0) is 14.5. The Morgan fingerprint density at radius 1 is 1.20 bits per heavy atom. The third kappa shape index (κ3) is 3.08. The Hall–Kier alpha value is -2.96. The minimum Gasteiger partial charge on any atom is -0.453 e. The van der Waals surface area contributed by atoms with E-state index < -0.39 is 4.92 Å². The summed E-state index contributed by atoms with van der Waals surface area (Å²) < 4.78 is 5.46. The molecule has 1 aromatic heterocycles. The van der Waals surface area contributed by atoms with E-state index in [9.17, 15) is 14.9 Å². The van der Waals surface area contributed by atoms with Gasteiger partial charge in [0.25, 0.3) is 5.91 Å². The lowest BCUT2D eigenvalue weighted by atomic mass is 10.2. The van der Waals surface area contributed by atoms with E-state index in [0.29, 0.717) is 17.1 Å². The summed E-state index contributed by atoms with van der Waals surface area (Å²) in [6.07, 6.45) is 1.27. The monoisotopic (exact) mass is 273 g/mol. The lowest BCUT2D eigenvalue weighted by Crippen LogP contribution is -2.17. The molecule has 0 saturated carbocycles. The third-order valence-electron chi connectivity index (χ3n) is 2.49. The maximum atomic E-state index is 11.4. The summed E-state index contributed by atoms with van der Waals surface area (Å²) in [4.78, 5) is 24.9. The molecule has 1 heterocycles. The smallest absolute Gasteiger partial charge is 0.363 e. The van der Waals surface area contributed by atoms with Gasteiger partial charge in [-0.3, -0.25) is 4.79 Å². The van der Waals surface area contributed by atoms with Gasteiger partial charge in [0.1, 0.15) is 5.75 Å². The molecule has 1 amide bonds. The van der Waals surface area contributed by atoms with Crippen molar-refractivity contribution >= 4 is 11.7 Å². The second-order valence-electron chi connectivity index (χ2n) is 3.81. The molecule has 0 aliphatic rings. The highest BCUT2D eigenvalue weighted by Crippen LogP contribution is 2.22. The summed E-state index contributed by atoms with van der Waals surface area (Å²) in [6.45, 7) is 0. The van der Waals surface area contributed by atoms with Crippen LogP contribution in [0.3, 0.4) is 0 Å². The molecule has 2 rings (SSSR count). The first-order valence-corrected chi connectivity index (χ1v) is 5.70. The van der Waals surface area contributed by atoms with E-state index in [1.807, 2.05) is 0 Å². The number of rotatable bonds is 4. The molecular formula is C13H11N3O4. The molecule has 0 spiro atoms. The number of nitrogens with zero attached hydrogens (tertiary/aromatic N) is 2. The Balaban J connectivity index is 2.10. The van der Waals surface area contributed by atoms with Crippen LogP contribution in [-0.4, -0.2) is 22.9 Å². The molecule has 1 N–H and O–H groups in total. The molecule has 20 heavy (non-hydrogen) atoms. The average molecular weight is 273 g/mol. The van der Waals surface area contributed by atoms with Gasteiger partial charge in [-0.25, -0.2) is 0 Å². The first-order chi connectivity index (χ1) is 9.60. The molecule has 2 aromatic rings. The zero-order valence-corrected chi connectivity index (χ0v) is 10.6. The Labute approximate surface area is 114 Å². The fourth-order valence-corrected chi connectivity index (χ4v) is 1.50. The third-order valence-corrected chi connectivity index (χ3v) is 2.49. The minimum absolute atomic E-state index is 0.187. The van der Waals surface area contributed by atoms with Crippen LogP contribution in [0, 0.1) is 10.1 Å². The first-order valence-electron chi connectivity index (χ1n) is 5.70. The molecule has 0 atom stereocenters. The summed E-state index contributed by atoms with van der Waals surface area (Å²) >= 11 is 0. The van der Waals surface area contributed by atoms with E-state index in [-0.39, 0.29) is 11.7 Å². The van der Waals surface area contributed by atoms with E-state index in [0.717, 1.165) is 0 Å². The van der Waals surface area contributed by atoms with Crippen molar-refractivity contribution in [3.05, 3.63) is 58.3 Å². The van der Waals surface area contributed by atoms with E-state index in [1.165, 1.54) is 18.3 Å². The predicted molar refractivity (Wildman–Crippen MR) is 70.8 cm³/mol. The topological polar surface area (TPSA) is 94.4 Å². The number of hydrogen-bond acceptors (Lipinski definition) is 5. The number of ether oxygens (including phenoxy) is 1. The lowest BCUT2D eigenvalue weighted by molar-refractivity contribution is -0.389. The van der Waals surface area contributed by atoms with Crippen LogP contribution >= 0.6 is 0 Å². The molecule has 1 aromatic carbocycles. The standard InChI is InChI=1S/C13H11N3O4/c1-14-13(17)9-2-4-10(5-3-9)20-11-6-7-12(15-8-11)16(18)19/h2-8H,1H3,(H,14,17). The highest BCUT2D eigenvalue weighted by Gasteiger charge is 2.08. The molecular weight excluding hydrogens is 262 g/mol. The fraction of sp³-hybridized carbons (Fsp3) is 0.0769. The Morgan fingerprint density at radius 2 is 1.85 bits per heavy atom. The van der Waals surface area contributed by atoms with E-state index in [2.05, 4.69) is 10.3 Å². The molecule has 102 valence electrons. The van der Waals surface area contributed by atoms with Crippen LogP contribution in [0.4, 0.5) is 5.82 Å². The van der Waals surface area contributed by atoms with Crippen molar-refractivity contribution in [1.82, 2.24) is 10.3 Å². The Kier molecular flexibility index (Phi) is 3.90. The van der Waals surface area contributed by atoms with E-state index >= 15 is 0 Å². The minimum atomic E-state index is -0.581. The van der Waals surface area contributed by atoms with Crippen molar-refractivity contribution in [2.24, 2.45) is 0 Å². The van der Waals surface area contributed by atoms with Crippen LogP contribution in [0.5, 0.6) is 11.5 Å². The maximum Gasteiger partial charge on any atom is 0.363 e. The predicted octanol–water partition coefficient (Wildman–Crippen LogP) is 2.14. The first kappa shape index (κ1) is 13.5. The van der Waals surface area contributed by atoms with Crippen LogP contribution in [0.1, 0.15) is 10.4 Å². The molecule has 7 nitrogen and oxygen atoms in total. The molecule has 0 saturated heterocycles. The number of amides is 1. The molecule has 0 radical (unpaired) electrons. The zero-order valence-electron chi connectivity index (χ0n) is 10.6. The summed E-state index contributed by atoms with van der Waals surface area (Å²) in [5.74, 6) is 0.456. The van der Waals surface area contributed by atoms with Gasteiger partial charge in [-0.05, 0) is 40.2 Å². The largest absolute Gasteiger partial charge is 0.453 e. The summed E-state index contributed by atoms with van der Waals surface area (Å²) in [5, 5.41) is 13.0. The van der Waals surface area contributed by atoms with E-state index in [1.54, 1.807) is 31.3 Å². The summed E-state index contributed by atoms with van der Waals surface area (Å²) in [7, 11) is 1.55. The molecule has 0 aliphatic carbocycles. The highest BCUT2D eigenvalue weighted by atomic mass is 16.6. The lowest BCUT2D eigenvalue weighted by Gasteiger charge is -2.05. The van der Waals surface area contributed by atoms with Gasteiger partial charge in [0.15, 0.2) is 11.9 Å². The van der Waals surface area contributed by atoms with Gasteiger partial charge in [0.2, 0.25) is 0 Å². The van der Waals surface area contributed by atoms with Crippen molar-refractivity contribution in [3.8, 4) is 11.5 Å². The van der Waals surface area contributed by atoms with Crippen molar-refractivity contribution in [2.45, 2.75) is 0 Å². The van der Waals surface area contributed by atoms with Crippen LogP contribution in [-0.2, 0) is 0 Å². The second-order valence-corrected chi connectivity index (χ2v) is 3.81. The Morgan fingerprint density at radius 3 is 2.35 bits per heavy atom. The second kappa shape index (κ2) is 5.79. The van der Waals surface area contributed by atoms with Gasteiger partial charge < -0.3 is 20.2 Å². The van der Waals surface area contributed by atoms with Crippen molar-refractivity contribution in [2.75, 3.05) is 7.05 Å². The normalized spacial score (nSPS) is 9.85. The summed E-state index contributed by atoms with van der Waals surface area (Å²) in [6, 6.07) is 9.21. The fourth-order valence-electron chi connectivity index (χ4n) is 1.50. The summed E-state index contributed by atoms with van der Waals surface area (Å²) in [5.41, 5.74) is 0.515. The van der Waals surface area contributed by atoms with Crippen LogP contribution in [0.2, 0.25) is 0 Å². The quantitative estimate of drug-likeness (QED) is 0.680. The van der Waals surface area contributed by atoms with Gasteiger partial charge in [0.05, 0.1) is 0 Å². The van der Waals surface area contributed by atoms with Crippen molar-refractivity contribution in [1.29, 1.82) is 0 Å². The average Bonchev–Trinajstić information content (AvgIpc) is 2.48. The molecule has 0 bridgehead atoms. The number of nitrogens with one attached hydrogen (secondary N) is 1. The maximum absolute atomic E-state index is 11.4. The molecule has 0 fully saturated rings.